The summed E-state index contributed by atoms with van der Waals surface area (Å²) >= 11 is 0. The molecule has 8 heteroatoms. The molecule has 0 aliphatic carbocycles. The average Bonchev–Trinajstić information content (AvgIpc) is 2.80. The van der Waals surface area contributed by atoms with Crippen LogP contribution in [-0.2, 0) is 13.0 Å². The zero-order chi connectivity index (χ0) is 12.1. The molecule has 1 saturated heterocycles. The molecule has 2 rings (SSSR count). The lowest BCUT2D eigenvalue weighted by Gasteiger charge is -2.33. The van der Waals surface area contributed by atoms with E-state index in [1.165, 1.54) is 0 Å². The van der Waals surface area contributed by atoms with Crippen LogP contribution in [0.15, 0.2) is 4.52 Å². The number of hydrogen-bond donors (Lipinski definition) is 1. The lowest BCUT2D eigenvalue weighted by atomic mass is 10.3. The smallest absolute Gasteiger partial charge is 0.226 e. The van der Waals surface area contributed by atoms with Crippen LogP contribution in [-0.4, -0.2) is 59.2 Å². The van der Waals surface area contributed by atoms with Gasteiger partial charge in [0.1, 0.15) is 0 Å². The molecule has 1 aliphatic rings. The average molecular weight is 312 g/mol. The van der Waals surface area contributed by atoms with Crippen LogP contribution in [0.1, 0.15) is 18.6 Å². The van der Waals surface area contributed by atoms with Gasteiger partial charge in [0.15, 0.2) is 5.82 Å². The normalized spacial score (nSPS) is 16.7. The third-order valence-electron chi connectivity index (χ3n) is 3.09. The van der Waals surface area contributed by atoms with Crippen LogP contribution in [0.4, 0.5) is 0 Å². The fraction of sp³-hybridized carbons (Fsp3) is 0.818. The van der Waals surface area contributed by atoms with Gasteiger partial charge >= 0.3 is 0 Å². The maximum Gasteiger partial charge on any atom is 0.226 e. The third-order valence-corrected chi connectivity index (χ3v) is 3.09. The van der Waals surface area contributed by atoms with Crippen LogP contribution in [0, 0.1) is 0 Å². The van der Waals surface area contributed by atoms with E-state index in [2.05, 4.69) is 19.9 Å². The second-order valence-electron chi connectivity index (χ2n) is 4.36. The Hall–Kier alpha value is -0.400. The monoisotopic (exact) mass is 311 g/mol. The second-order valence-corrected chi connectivity index (χ2v) is 4.36. The minimum Gasteiger partial charge on any atom is -0.339 e. The molecule has 0 spiro atoms. The Kier molecular flexibility index (Phi) is 9.30. The second kappa shape index (κ2) is 9.50. The fourth-order valence-electron chi connectivity index (χ4n) is 2.05. The van der Waals surface area contributed by atoms with Crippen LogP contribution in [0.2, 0.25) is 0 Å². The van der Waals surface area contributed by atoms with Crippen LogP contribution in [0.5, 0.6) is 0 Å². The van der Waals surface area contributed by atoms with Gasteiger partial charge in [-0.2, -0.15) is 4.98 Å². The quantitative estimate of drug-likeness (QED) is 0.856. The summed E-state index contributed by atoms with van der Waals surface area (Å²) in [4.78, 5) is 9.08. The molecule has 0 amide bonds. The van der Waals surface area contributed by atoms with Gasteiger partial charge in [0, 0.05) is 45.7 Å². The molecule has 0 radical (unpaired) electrons. The molecule has 19 heavy (non-hydrogen) atoms. The lowest BCUT2D eigenvalue weighted by molar-refractivity contribution is 0.126. The maximum absolute atomic E-state index is 5.55. The van der Waals surface area contributed by atoms with E-state index in [9.17, 15) is 0 Å². The molecule has 0 atom stereocenters. The Labute approximate surface area is 126 Å². The Morgan fingerprint density at radius 1 is 1.16 bits per heavy atom. The van der Waals surface area contributed by atoms with Gasteiger partial charge in [-0.25, -0.2) is 0 Å². The van der Waals surface area contributed by atoms with Crippen molar-refractivity contribution in [2.24, 2.45) is 5.73 Å². The third kappa shape index (κ3) is 5.62. The predicted octanol–water partition coefficient (Wildman–Crippen LogP) is 0.552. The van der Waals surface area contributed by atoms with Crippen molar-refractivity contribution in [3.05, 3.63) is 11.7 Å². The number of nitrogens with two attached hydrogens (primary N) is 1. The molecule has 0 aromatic carbocycles. The van der Waals surface area contributed by atoms with Gasteiger partial charge < -0.3 is 10.3 Å². The van der Waals surface area contributed by atoms with Gasteiger partial charge in [-0.3, -0.25) is 9.80 Å². The van der Waals surface area contributed by atoms with Gasteiger partial charge in [-0.1, -0.05) is 12.1 Å². The lowest BCUT2D eigenvalue weighted by Crippen LogP contribution is -2.47. The van der Waals surface area contributed by atoms with Gasteiger partial charge in [-0.05, 0) is 0 Å². The van der Waals surface area contributed by atoms with Crippen LogP contribution in [0.25, 0.3) is 0 Å². The van der Waals surface area contributed by atoms with Crippen molar-refractivity contribution in [2.45, 2.75) is 19.9 Å². The Balaban J connectivity index is 0.00000162. The maximum atomic E-state index is 5.55. The van der Waals surface area contributed by atoms with Crippen LogP contribution in [0.3, 0.4) is 0 Å². The summed E-state index contributed by atoms with van der Waals surface area (Å²) < 4.78 is 5.10. The number of halogens is 2. The van der Waals surface area contributed by atoms with Gasteiger partial charge in [-0.15, -0.1) is 24.8 Å². The first-order valence-corrected chi connectivity index (χ1v) is 6.28. The molecular weight excluding hydrogens is 289 g/mol. The molecule has 112 valence electrons. The molecule has 0 saturated carbocycles. The number of nitrogens with zero attached hydrogens (tertiary/aromatic N) is 4. The first kappa shape index (κ1) is 18.6. The highest BCUT2D eigenvalue weighted by atomic mass is 35.5. The molecule has 6 nitrogen and oxygen atoms in total. The van der Waals surface area contributed by atoms with Crippen molar-refractivity contribution in [3.63, 3.8) is 0 Å². The highest BCUT2D eigenvalue weighted by Gasteiger charge is 2.17. The Morgan fingerprint density at radius 2 is 1.79 bits per heavy atom. The number of hydrogen-bond acceptors (Lipinski definition) is 6. The molecule has 0 bridgehead atoms. The van der Waals surface area contributed by atoms with Crippen molar-refractivity contribution in [3.8, 4) is 0 Å². The first-order chi connectivity index (χ1) is 8.31. The fourth-order valence-corrected chi connectivity index (χ4v) is 2.05. The van der Waals surface area contributed by atoms with E-state index in [0.29, 0.717) is 0 Å². The molecular formula is C11H23Cl2N5O. The van der Waals surface area contributed by atoms with Crippen LogP contribution < -0.4 is 5.73 Å². The first-order valence-electron chi connectivity index (χ1n) is 6.28. The summed E-state index contributed by atoms with van der Waals surface area (Å²) in [6.45, 7) is 8.81. The molecule has 1 aliphatic heterocycles. The van der Waals surface area contributed by atoms with E-state index in [0.717, 1.165) is 63.9 Å². The summed E-state index contributed by atoms with van der Waals surface area (Å²) in [5, 5.41) is 3.98. The number of aryl methyl sites for hydroxylation is 1. The molecule has 2 N–H and O–H groups in total. The highest BCUT2D eigenvalue weighted by Crippen LogP contribution is 2.06. The van der Waals surface area contributed by atoms with E-state index in [1.54, 1.807) is 0 Å². The minimum absolute atomic E-state index is 0. The highest BCUT2D eigenvalue weighted by molar-refractivity contribution is 5.85. The summed E-state index contributed by atoms with van der Waals surface area (Å²) in [5.41, 5.74) is 5.55. The molecule has 1 aromatic rings. The topological polar surface area (TPSA) is 71.4 Å². The van der Waals surface area contributed by atoms with Gasteiger partial charge in [0.05, 0.1) is 6.54 Å². The van der Waals surface area contributed by atoms with Crippen molar-refractivity contribution in [1.82, 2.24) is 19.9 Å². The van der Waals surface area contributed by atoms with Crippen molar-refractivity contribution < 1.29 is 4.52 Å². The van der Waals surface area contributed by atoms with E-state index in [4.69, 9.17) is 10.3 Å². The molecule has 1 fully saturated rings. The summed E-state index contributed by atoms with van der Waals surface area (Å²) in [7, 11) is 0. The van der Waals surface area contributed by atoms with Gasteiger partial charge in [0.2, 0.25) is 5.89 Å². The minimum atomic E-state index is 0. The molecule has 1 aromatic heterocycles. The number of rotatable bonds is 5. The van der Waals surface area contributed by atoms with E-state index in [1.807, 2.05) is 6.92 Å². The predicted molar refractivity (Wildman–Crippen MR) is 78.9 cm³/mol. The van der Waals surface area contributed by atoms with E-state index in [-0.39, 0.29) is 24.8 Å². The SMILES string of the molecule is CCc1nc(CN2CCN(CCN)CC2)no1.Cl.Cl. The molecule has 2 heterocycles. The zero-order valence-electron chi connectivity index (χ0n) is 11.2. The largest absolute Gasteiger partial charge is 0.339 e. The van der Waals surface area contributed by atoms with Crippen molar-refractivity contribution >= 4 is 24.8 Å². The van der Waals surface area contributed by atoms with E-state index >= 15 is 0 Å². The van der Waals surface area contributed by atoms with Crippen molar-refractivity contribution in [2.75, 3.05) is 39.3 Å². The molecule has 0 unspecified atom stereocenters. The summed E-state index contributed by atoms with van der Waals surface area (Å²) in [6.07, 6.45) is 0.803. The van der Waals surface area contributed by atoms with Crippen LogP contribution >= 0.6 is 24.8 Å². The number of aromatic nitrogens is 2. The van der Waals surface area contributed by atoms with Gasteiger partial charge in [0.25, 0.3) is 0 Å². The van der Waals surface area contributed by atoms with E-state index < -0.39 is 0 Å². The standard InChI is InChI=1S/C11H21N5O.2ClH/c1-2-11-13-10(14-17-11)9-16-7-5-15(4-3-12)6-8-16;;/h2-9,12H2,1H3;2*1H. The Bertz CT molecular complexity index is 342. The number of piperazine rings is 1. The Morgan fingerprint density at radius 3 is 2.32 bits per heavy atom. The van der Waals surface area contributed by atoms with Crippen molar-refractivity contribution in [1.29, 1.82) is 0 Å². The summed E-state index contributed by atoms with van der Waals surface area (Å²) in [6, 6.07) is 0. The zero-order valence-corrected chi connectivity index (χ0v) is 12.9. The summed E-state index contributed by atoms with van der Waals surface area (Å²) in [5.74, 6) is 1.52.